The number of alkyl halides is 3. The first-order valence-corrected chi connectivity index (χ1v) is 8.07. The van der Waals surface area contributed by atoms with E-state index in [0.717, 1.165) is 13.1 Å². The first kappa shape index (κ1) is 18.1. The minimum absolute atomic E-state index is 0.0696. The number of piperazine rings is 1. The summed E-state index contributed by atoms with van der Waals surface area (Å²) in [5.74, 6) is 0. The average Bonchev–Trinajstić information content (AvgIpc) is 2.44. The quantitative estimate of drug-likeness (QED) is 0.750. The molecule has 1 aliphatic rings. The van der Waals surface area contributed by atoms with Gasteiger partial charge < -0.3 is 5.32 Å². The van der Waals surface area contributed by atoms with Crippen LogP contribution in [-0.2, 0) is 0 Å². The summed E-state index contributed by atoms with van der Waals surface area (Å²) < 4.78 is 37.9. The minimum atomic E-state index is -4.21. The van der Waals surface area contributed by atoms with Crippen LogP contribution in [0.15, 0.2) is 12.1 Å². The summed E-state index contributed by atoms with van der Waals surface area (Å²) in [4.78, 5) is 2.00. The van der Waals surface area contributed by atoms with Crippen molar-refractivity contribution in [2.75, 3.05) is 26.2 Å². The van der Waals surface area contributed by atoms with Crippen molar-refractivity contribution < 1.29 is 13.2 Å². The van der Waals surface area contributed by atoms with E-state index in [1.807, 2.05) is 4.90 Å². The molecule has 22 heavy (non-hydrogen) atoms. The maximum Gasteiger partial charge on any atom is 0.389 e. The molecule has 0 saturated carbocycles. The molecule has 2 rings (SSSR count). The molecule has 0 spiro atoms. The van der Waals surface area contributed by atoms with Gasteiger partial charge in [0, 0.05) is 43.7 Å². The van der Waals surface area contributed by atoms with E-state index in [4.69, 9.17) is 34.8 Å². The first-order chi connectivity index (χ1) is 10.3. The maximum atomic E-state index is 12.6. The lowest BCUT2D eigenvalue weighted by Gasteiger charge is -2.36. The van der Waals surface area contributed by atoms with E-state index in [1.165, 1.54) is 6.07 Å². The monoisotopic (exact) mass is 374 g/mol. The Morgan fingerprint density at radius 1 is 1.14 bits per heavy atom. The van der Waals surface area contributed by atoms with E-state index in [9.17, 15) is 13.2 Å². The van der Waals surface area contributed by atoms with Gasteiger partial charge in [-0.1, -0.05) is 34.8 Å². The Balaban J connectivity index is 2.30. The highest BCUT2D eigenvalue weighted by Crippen LogP contribution is 2.39. The predicted octanol–water partition coefficient (Wildman–Crippen LogP) is 4.94. The SMILES string of the molecule is FC(F)(F)CC[C@@H](c1cc(Cl)cc(Cl)c1Cl)N1CCNCC1. The summed E-state index contributed by atoms with van der Waals surface area (Å²) in [5.41, 5.74) is 0.560. The van der Waals surface area contributed by atoms with Crippen LogP contribution < -0.4 is 5.32 Å². The van der Waals surface area contributed by atoms with Crippen molar-refractivity contribution in [1.29, 1.82) is 0 Å². The highest BCUT2D eigenvalue weighted by Gasteiger charge is 2.32. The summed E-state index contributed by atoms with van der Waals surface area (Å²) in [5, 5.41) is 4.09. The zero-order valence-electron chi connectivity index (χ0n) is 11.7. The fourth-order valence-electron chi connectivity index (χ4n) is 2.65. The molecule has 1 aromatic carbocycles. The fraction of sp³-hybridized carbons (Fsp3) is 0.571. The summed E-state index contributed by atoms with van der Waals surface area (Å²) in [7, 11) is 0. The van der Waals surface area contributed by atoms with Gasteiger partial charge in [0.25, 0.3) is 0 Å². The van der Waals surface area contributed by atoms with Crippen LogP contribution in [0.4, 0.5) is 13.2 Å². The molecule has 1 N–H and O–H groups in total. The molecule has 2 nitrogen and oxygen atoms in total. The van der Waals surface area contributed by atoms with Crippen molar-refractivity contribution in [3.63, 3.8) is 0 Å². The second-order valence-electron chi connectivity index (χ2n) is 5.25. The lowest BCUT2D eigenvalue weighted by atomic mass is 9.99. The number of benzene rings is 1. The number of nitrogens with zero attached hydrogens (tertiary/aromatic N) is 1. The molecule has 0 aliphatic carbocycles. The van der Waals surface area contributed by atoms with Gasteiger partial charge in [0.1, 0.15) is 0 Å². The summed E-state index contributed by atoms with van der Waals surface area (Å²) >= 11 is 18.2. The Kier molecular flexibility index (Phi) is 6.25. The standard InChI is InChI=1S/C14H16Cl3F3N2/c15-9-7-10(13(17)11(16)8-9)12(1-2-14(18,19)20)22-5-3-21-4-6-22/h7-8,12,21H,1-6H2/t12-/m0/s1. The van der Waals surface area contributed by atoms with Crippen LogP contribution in [0.3, 0.4) is 0 Å². The van der Waals surface area contributed by atoms with E-state index in [1.54, 1.807) is 6.07 Å². The molecule has 0 aromatic heterocycles. The third-order valence-electron chi connectivity index (χ3n) is 3.67. The molecule has 1 atom stereocenters. The number of hydrogen-bond acceptors (Lipinski definition) is 2. The minimum Gasteiger partial charge on any atom is -0.314 e. The maximum absolute atomic E-state index is 12.6. The molecular formula is C14H16Cl3F3N2. The molecule has 0 unspecified atom stereocenters. The van der Waals surface area contributed by atoms with Gasteiger partial charge in [-0.05, 0) is 24.1 Å². The van der Waals surface area contributed by atoms with Gasteiger partial charge >= 0.3 is 6.18 Å². The van der Waals surface area contributed by atoms with Gasteiger partial charge in [-0.2, -0.15) is 13.2 Å². The highest BCUT2D eigenvalue weighted by molar-refractivity contribution is 6.43. The van der Waals surface area contributed by atoms with Crippen LogP contribution in [0.1, 0.15) is 24.4 Å². The van der Waals surface area contributed by atoms with Gasteiger partial charge in [-0.25, -0.2) is 0 Å². The second-order valence-corrected chi connectivity index (χ2v) is 6.47. The Bertz CT molecular complexity index is 517. The number of rotatable bonds is 4. The first-order valence-electron chi connectivity index (χ1n) is 6.94. The van der Waals surface area contributed by atoms with E-state index < -0.39 is 18.6 Å². The number of nitrogens with one attached hydrogen (secondary N) is 1. The van der Waals surface area contributed by atoms with Crippen molar-refractivity contribution in [2.24, 2.45) is 0 Å². The average molecular weight is 376 g/mol. The van der Waals surface area contributed by atoms with Gasteiger partial charge in [-0.15, -0.1) is 0 Å². The van der Waals surface area contributed by atoms with Crippen LogP contribution >= 0.6 is 34.8 Å². The number of hydrogen-bond donors (Lipinski definition) is 1. The molecule has 0 radical (unpaired) electrons. The summed E-state index contributed by atoms with van der Waals surface area (Å²) in [6, 6.07) is 2.65. The van der Waals surface area contributed by atoms with Crippen molar-refractivity contribution in [2.45, 2.75) is 25.1 Å². The van der Waals surface area contributed by atoms with E-state index >= 15 is 0 Å². The lowest BCUT2D eigenvalue weighted by molar-refractivity contribution is -0.138. The smallest absolute Gasteiger partial charge is 0.314 e. The van der Waals surface area contributed by atoms with E-state index in [0.29, 0.717) is 23.7 Å². The molecule has 124 valence electrons. The van der Waals surface area contributed by atoms with Crippen LogP contribution in [0, 0.1) is 0 Å². The highest BCUT2D eigenvalue weighted by atomic mass is 35.5. The third kappa shape index (κ3) is 4.90. The zero-order chi connectivity index (χ0) is 16.3. The molecule has 0 bridgehead atoms. The molecule has 1 aromatic rings. The normalized spacial score (nSPS) is 18.5. The largest absolute Gasteiger partial charge is 0.389 e. The Morgan fingerprint density at radius 2 is 1.77 bits per heavy atom. The lowest BCUT2D eigenvalue weighted by Crippen LogP contribution is -2.45. The molecule has 1 fully saturated rings. The van der Waals surface area contributed by atoms with E-state index in [-0.39, 0.29) is 16.5 Å². The summed E-state index contributed by atoms with van der Waals surface area (Å²) in [6.07, 6.45) is -5.15. The number of halogens is 6. The van der Waals surface area contributed by atoms with Crippen LogP contribution in [0.5, 0.6) is 0 Å². The van der Waals surface area contributed by atoms with Crippen molar-refractivity contribution in [1.82, 2.24) is 10.2 Å². The summed E-state index contributed by atoms with van der Waals surface area (Å²) in [6.45, 7) is 2.77. The Morgan fingerprint density at radius 3 is 2.36 bits per heavy atom. The zero-order valence-corrected chi connectivity index (χ0v) is 14.0. The fourth-order valence-corrected chi connectivity index (χ4v) is 3.39. The van der Waals surface area contributed by atoms with Gasteiger partial charge in [-0.3, -0.25) is 4.90 Å². The van der Waals surface area contributed by atoms with Crippen molar-refractivity contribution in [3.05, 3.63) is 32.8 Å². The predicted molar refractivity (Wildman–Crippen MR) is 83.9 cm³/mol. The van der Waals surface area contributed by atoms with Gasteiger partial charge in [0.2, 0.25) is 0 Å². The Hall–Kier alpha value is -0.200. The Labute approximate surface area is 142 Å². The topological polar surface area (TPSA) is 15.3 Å². The third-order valence-corrected chi connectivity index (χ3v) is 4.71. The van der Waals surface area contributed by atoms with E-state index in [2.05, 4.69) is 5.32 Å². The van der Waals surface area contributed by atoms with Gasteiger partial charge in [0.05, 0.1) is 10.0 Å². The molecule has 1 heterocycles. The van der Waals surface area contributed by atoms with Crippen LogP contribution in [-0.4, -0.2) is 37.3 Å². The van der Waals surface area contributed by atoms with Crippen molar-refractivity contribution in [3.8, 4) is 0 Å². The van der Waals surface area contributed by atoms with Crippen molar-refractivity contribution >= 4 is 34.8 Å². The molecular weight excluding hydrogens is 360 g/mol. The molecule has 0 amide bonds. The van der Waals surface area contributed by atoms with Gasteiger partial charge in [0.15, 0.2) is 0 Å². The molecule has 1 saturated heterocycles. The van der Waals surface area contributed by atoms with Crippen LogP contribution in [0.2, 0.25) is 15.1 Å². The molecule has 8 heteroatoms. The molecule has 1 aliphatic heterocycles. The van der Waals surface area contributed by atoms with Crippen LogP contribution in [0.25, 0.3) is 0 Å². The second kappa shape index (κ2) is 7.58.